The van der Waals surface area contributed by atoms with Crippen molar-refractivity contribution in [1.82, 2.24) is 14.9 Å². The molecule has 0 saturated heterocycles. The Hall–Kier alpha value is -1.96. The summed E-state index contributed by atoms with van der Waals surface area (Å²) >= 11 is 0. The fourth-order valence-electron chi connectivity index (χ4n) is 1.01. The predicted molar refractivity (Wildman–Crippen MR) is 60.1 cm³/mol. The normalized spacial score (nSPS) is 10.4. The molecular weight excluding hydrogens is 212 g/mol. The minimum atomic E-state index is -0.612. The number of hydrogen-bond donors (Lipinski definition) is 2. The van der Waals surface area contributed by atoms with Gasteiger partial charge in [-0.2, -0.15) is 4.98 Å². The molecule has 0 bridgehead atoms. The summed E-state index contributed by atoms with van der Waals surface area (Å²) in [6.07, 6.45) is 1.10. The Labute approximate surface area is 92.6 Å². The van der Waals surface area contributed by atoms with Gasteiger partial charge in [-0.25, -0.2) is 4.98 Å². The summed E-state index contributed by atoms with van der Waals surface area (Å²) in [6.45, 7) is 1.45. The summed E-state index contributed by atoms with van der Waals surface area (Å²) in [5.74, 6) is 0.164. The van der Waals surface area contributed by atoms with Crippen LogP contribution in [0.5, 0.6) is 0 Å². The second-order valence-electron chi connectivity index (χ2n) is 3.45. The molecule has 0 spiro atoms. The van der Waals surface area contributed by atoms with Gasteiger partial charge < -0.3 is 16.0 Å². The molecule has 0 radical (unpaired) electrons. The molecule has 0 fully saturated rings. The number of nitrogens with two attached hydrogens (primary N) is 1. The second-order valence-corrected chi connectivity index (χ2v) is 3.45. The molecule has 8 nitrogen and oxygen atoms in total. The lowest BCUT2D eigenvalue weighted by atomic mass is 10.5. The SMILES string of the molecule is CN(C)CCNc1ncc([N+](=O)[O-])c(N)n1. The Morgan fingerprint density at radius 1 is 1.62 bits per heavy atom. The van der Waals surface area contributed by atoms with Crippen LogP contribution >= 0.6 is 0 Å². The molecule has 0 aliphatic heterocycles. The molecule has 16 heavy (non-hydrogen) atoms. The van der Waals surface area contributed by atoms with Crippen LogP contribution in [0.3, 0.4) is 0 Å². The monoisotopic (exact) mass is 226 g/mol. The molecule has 0 aliphatic carbocycles. The molecule has 88 valence electrons. The summed E-state index contributed by atoms with van der Waals surface area (Å²) in [4.78, 5) is 19.4. The molecule has 0 aliphatic rings. The zero-order valence-electron chi connectivity index (χ0n) is 9.17. The van der Waals surface area contributed by atoms with Crippen LogP contribution in [-0.4, -0.2) is 47.0 Å². The molecule has 1 heterocycles. The van der Waals surface area contributed by atoms with Crippen LogP contribution in [0, 0.1) is 10.1 Å². The number of anilines is 2. The van der Waals surface area contributed by atoms with Crippen LogP contribution in [0.15, 0.2) is 6.20 Å². The minimum absolute atomic E-state index is 0.132. The van der Waals surface area contributed by atoms with E-state index in [1.165, 1.54) is 0 Å². The molecule has 1 aromatic heterocycles. The number of nitrogens with zero attached hydrogens (tertiary/aromatic N) is 4. The van der Waals surface area contributed by atoms with E-state index in [2.05, 4.69) is 15.3 Å². The van der Waals surface area contributed by atoms with E-state index in [-0.39, 0.29) is 11.5 Å². The van der Waals surface area contributed by atoms with E-state index >= 15 is 0 Å². The fourth-order valence-corrected chi connectivity index (χ4v) is 1.01. The van der Waals surface area contributed by atoms with Crippen molar-refractivity contribution in [3.8, 4) is 0 Å². The lowest BCUT2D eigenvalue weighted by Crippen LogP contribution is -2.21. The summed E-state index contributed by atoms with van der Waals surface area (Å²) in [5, 5.41) is 13.4. The van der Waals surface area contributed by atoms with Crippen molar-refractivity contribution in [1.29, 1.82) is 0 Å². The highest BCUT2D eigenvalue weighted by Crippen LogP contribution is 2.17. The van der Waals surface area contributed by atoms with Gasteiger partial charge in [0.25, 0.3) is 0 Å². The zero-order valence-corrected chi connectivity index (χ0v) is 9.17. The number of nitro groups is 1. The molecule has 3 N–H and O–H groups in total. The average molecular weight is 226 g/mol. The first kappa shape index (κ1) is 12.1. The molecule has 1 aromatic rings. The Bertz CT molecular complexity index is 381. The van der Waals surface area contributed by atoms with Gasteiger partial charge in [-0.1, -0.05) is 0 Å². The largest absolute Gasteiger partial charge is 0.378 e. The first-order valence-corrected chi connectivity index (χ1v) is 4.66. The van der Waals surface area contributed by atoms with E-state index < -0.39 is 4.92 Å². The topological polar surface area (TPSA) is 110 Å². The van der Waals surface area contributed by atoms with Crippen molar-refractivity contribution in [2.45, 2.75) is 0 Å². The number of hydrogen-bond acceptors (Lipinski definition) is 7. The Morgan fingerprint density at radius 2 is 2.31 bits per heavy atom. The smallest absolute Gasteiger partial charge is 0.329 e. The van der Waals surface area contributed by atoms with Crippen LogP contribution in [-0.2, 0) is 0 Å². The van der Waals surface area contributed by atoms with Gasteiger partial charge >= 0.3 is 5.69 Å². The number of aromatic nitrogens is 2. The summed E-state index contributed by atoms with van der Waals surface area (Å²) in [6, 6.07) is 0. The molecule has 0 aromatic carbocycles. The van der Waals surface area contributed by atoms with E-state index in [9.17, 15) is 10.1 Å². The summed E-state index contributed by atoms with van der Waals surface area (Å²) < 4.78 is 0. The standard InChI is InChI=1S/C8H14N6O2/c1-13(2)4-3-10-8-11-5-6(14(15)16)7(9)12-8/h5H,3-4H2,1-2H3,(H3,9,10,11,12). The Kier molecular flexibility index (Phi) is 3.95. The van der Waals surface area contributed by atoms with Crippen molar-refractivity contribution in [2.75, 3.05) is 38.2 Å². The number of rotatable bonds is 5. The van der Waals surface area contributed by atoms with Crippen LogP contribution < -0.4 is 11.1 Å². The fraction of sp³-hybridized carbons (Fsp3) is 0.500. The van der Waals surface area contributed by atoms with E-state index in [0.717, 1.165) is 12.7 Å². The Morgan fingerprint density at radius 3 is 2.81 bits per heavy atom. The number of likely N-dealkylation sites (N-methyl/N-ethyl adjacent to an activating group) is 1. The Balaban J connectivity index is 2.63. The first-order valence-electron chi connectivity index (χ1n) is 4.66. The minimum Gasteiger partial charge on any atom is -0.378 e. The maximum Gasteiger partial charge on any atom is 0.329 e. The van der Waals surface area contributed by atoms with Crippen molar-refractivity contribution < 1.29 is 4.92 Å². The molecule has 0 unspecified atom stereocenters. The van der Waals surface area contributed by atoms with E-state index in [0.29, 0.717) is 12.5 Å². The van der Waals surface area contributed by atoms with Gasteiger partial charge in [-0.3, -0.25) is 10.1 Å². The lowest BCUT2D eigenvalue weighted by molar-refractivity contribution is -0.384. The molecule has 0 amide bonds. The van der Waals surface area contributed by atoms with Gasteiger partial charge in [0.05, 0.1) is 4.92 Å². The number of nitrogen functional groups attached to an aromatic ring is 1. The highest BCUT2D eigenvalue weighted by atomic mass is 16.6. The molecule has 0 atom stereocenters. The highest BCUT2D eigenvalue weighted by Gasteiger charge is 2.13. The maximum absolute atomic E-state index is 10.5. The first-order chi connectivity index (χ1) is 7.50. The van der Waals surface area contributed by atoms with Gasteiger partial charge in [-0.05, 0) is 14.1 Å². The maximum atomic E-state index is 10.5. The molecule has 8 heteroatoms. The van der Waals surface area contributed by atoms with E-state index in [4.69, 9.17) is 5.73 Å². The van der Waals surface area contributed by atoms with Crippen molar-refractivity contribution in [3.05, 3.63) is 16.3 Å². The van der Waals surface area contributed by atoms with Crippen LogP contribution in [0.4, 0.5) is 17.5 Å². The highest BCUT2D eigenvalue weighted by molar-refractivity contribution is 5.53. The van der Waals surface area contributed by atoms with Crippen molar-refractivity contribution in [2.24, 2.45) is 0 Å². The number of nitrogens with one attached hydrogen (secondary N) is 1. The lowest BCUT2D eigenvalue weighted by Gasteiger charge is -2.10. The third-order valence-corrected chi connectivity index (χ3v) is 1.84. The predicted octanol–water partition coefficient (Wildman–Crippen LogP) is -0.0595. The van der Waals surface area contributed by atoms with Crippen LogP contribution in [0.2, 0.25) is 0 Å². The molecular formula is C8H14N6O2. The third kappa shape index (κ3) is 3.31. The second kappa shape index (κ2) is 5.21. The van der Waals surface area contributed by atoms with Gasteiger partial charge in [0.2, 0.25) is 11.8 Å². The van der Waals surface area contributed by atoms with Gasteiger partial charge in [0.1, 0.15) is 6.20 Å². The zero-order chi connectivity index (χ0) is 12.1. The average Bonchev–Trinajstić information content (AvgIpc) is 2.16. The third-order valence-electron chi connectivity index (χ3n) is 1.84. The molecule has 0 saturated carbocycles. The van der Waals surface area contributed by atoms with E-state index in [1.807, 2.05) is 19.0 Å². The van der Waals surface area contributed by atoms with Gasteiger partial charge in [0, 0.05) is 13.1 Å². The van der Waals surface area contributed by atoms with Gasteiger partial charge in [0.15, 0.2) is 0 Å². The molecule has 1 rings (SSSR count). The van der Waals surface area contributed by atoms with Crippen LogP contribution in [0.25, 0.3) is 0 Å². The van der Waals surface area contributed by atoms with Gasteiger partial charge in [-0.15, -0.1) is 0 Å². The van der Waals surface area contributed by atoms with Crippen molar-refractivity contribution >= 4 is 17.5 Å². The van der Waals surface area contributed by atoms with Crippen LogP contribution in [0.1, 0.15) is 0 Å². The quantitative estimate of drug-likeness (QED) is 0.534. The summed E-state index contributed by atoms with van der Waals surface area (Å²) in [5.41, 5.74) is 5.13. The van der Waals surface area contributed by atoms with E-state index in [1.54, 1.807) is 0 Å². The van der Waals surface area contributed by atoms with Crippen molar-refractivity contribution in [3.63, 3.8) is 0 Å². The summed E-state index contributed by atoms with van der Waals surface area (Å²) in [7, 11) is 3.87.